The van der Waals surface area contributed by atoms with Gasteiger partial charge in [-0.1, -0.05) is 6.07 Å². The van der Waals surface area contributed by atoms with Crippen molar-refractivity contribution in [3.05, 3.63) is 59.6 Å². The molecule has 1 saturated carbocycles. The number of fused-ring (bicyclic) bond motifs is 1. The smallest absolute Gasteiger partial charge is 0.225 e. The number of rotatable bonds is 7. The molecule has 0 spiro atoms. The van der Waals surface area contributed by atoms with E-state index in [2.05, 4.69) is 25.6 Å². The Morgan fingerprint density at radius 2 is 1.94 bits per heavy atom. The Bertz CT molecular complexity index is 1280. The average Bonchev–Trinajstić information content (AvgIpc) is 3.45. The Hall–Kier alpha value is -3.24. The Labute approximate surface area is 199 Å². The molecule has 1 aromatic carbocycles. The number of hydrogen-bond acceptors (Lipinski definition) is 8. The van der Waals surface area contributed by atoms with E-state index in [1.807, 2.05) is 13.0 Å². The van der Waals surface area contributed by atoms with Gasteiger partial charge in [-0.05, 0) is 50.3 Å². The predicted octanol–water partition coefficient (Wildman–Crippen LogP) is 4.92. The highest BCUT2D eigenvalue weighted by Crippen LogP contribution is 2.37. The molecule has 0 radical (unpaired) electrons. The van der Waals surface area contributed by atoms with Gasteiger partial charge in [-0.15, -0.1) is 11.3 Å². The molecule has 0 bridgehead atoms. The van der Waals surface area contributed by atoms with E-state index in [-0.39, 0.29) is 36.6 Å². The summed E-state index contributed by atoms with van der Waals surface area (Å²) in [5.41, 5.74) is 2.21. The molecule has 4 aromatic rings. The van der Waals surface area contributed by atoms with Gasteiger partial charge < -0.3 is 15.7 Å². The molecule has 3 heterocycles. The van der Waals surface area contributed by atoms with E-state index in [9.17, 15) is 13.9 Å². The standard InChI is InChI=1S/C24H24F2N6OS/c1-13-21(23-31-19-11-27-8-7-20(19)34-23)22(30-15-6-5-14(9-15)12-33)32-24(29-13)28-10-16-17(25)3-2-4-18(16)26/h2-4,7-8,11,14-15,33H,5-6,9-10,12H2,1H3,(H2,28,29,30,32)/t14-,15+/m1/s1. The Kier molecular flexibility index (Phi) is 6.34. The van der Waals surface area contributed by atoms with E-state index in [0.717, 1.165) is 40.1 Å². The van der Waals surface area contributed by atoms with Crippen molar-refractivity contribution in [3.63, 3.8) is 0 Å². The van der Waals surface area contributed by atoms with Crippen molar-refractivity contribution < 1.29 is 13.9 Å². The fourth-order valence-electron chi connectivity index (χ4n) is 4.33. The zero-order chi connectivity index (χ0) is 23.7. The number of aryl methyl sites for hydroxylation is 1. The molecule has 1 aliphatic rings. The minimum Gasteiger partial charge on any atom is -0.396 e. The van der Waals surface area contributed by atoms with Crippen LogP contribution < -0.4 is 10.6 Å². The third-order valence-corrected chi connectivity index (χ3v) is 7.17. The zero-order valence-electron chi connectivity index (χ0n) is 18.6. The van der Waals surface area contributed by atoms with Crippen molar-refractivity contribution in [2.75, 3.05) is 17.2 Å². The third kappa shape index (κ3) is 4.55. The second-order valence-corrected chi connectivity index (χ2v) is 9.51. The molecular formula is C24H24F2N6OS. The van der Waals surface area contributed by atoms with Crippen LogP contribution >= 0.6 is 11.3 Å². The van der Waals surface area contributed by atoms with Gasteiger partial charge >= 0.3 is 0 Å². The molecule has 2 atom stereocenters. The third-order valence-electron chi connectivity index (χ3n) is 6.12. The van der Waals surface area contributed by atoms with Crippen LogP contribution in [0, 0.1) is 24.5 Å². The van der Waals surface area contributed by atoms with Crippen LogP contribution in [0.4, 0.5) is 20.5 Å². The molecule has 0 amide bonds. The van der Waals surface area contributed by atoms with Crippen LogP contribution in [0.1, 0.15) is 30.5 Å². The van der Waals surface area contributed by atoms with E-state index in [1.165, 1.54) is 29.5 Å². The van der Waals surface area contributed by atoms with Gasteiger partial charge in [-0.3, -0.25) is 4.98 Å². The highest BCUT2D eigenvalue weighted by atomic mass is 32.1. The van der Waals surface area contributed by atoms with Crippen molar-refractivity contribution >= 4 is 33.3 Å². The van der Waals surface area contributed by atoms with E-state index in [4.69, 9.17) is 4.98 Å². The molecule has 5 rings (SSSR count). The van der Waals surface area contributed by atoms with Gasteiger partial charge in [-0.2, -0.15) is 4.98 Å². The number of nitrogens with zero attached hydrogens (tertiary/aromatic N) is 4. The predicted molar refractivity (Wildman–Crippen MR) is 129 cm³/mol. The van der Waals surface area contributed by atoms with Gasteiger partial charge in [0.05, 0.1) is 22.2 Å². The number of thiazole rings is 1. The molecule has 34 heavy (non-hydrogen) atoms. The van der Waals surface area contributed by atoms with E-state index in [1.54, 1.807) is 12.4 Å². The first-order valence-corrected chi connectivity index (χ1v) is 12.0. The summed E-state index contributed by atoms with van der Waals surface area (Å²) in [6, 6.07) is 5.85. The Morgan fingerprint density at radius 1 is 1.12 bits per heavy atom. The second kappa shape index (κ2) is 9.55. The first kappa shape index (κ1) is 22.5. The van der Waals surface area contributed by atoms with E-state index in [0.29, 0.717) is 11.5 Å². The minimum absolute atomic E-state index is 0.0670. The summed E-state index contributed by atoms with van der Waals surface area (Å²) in [7, 11) is 0. The maximum absolute atomic E-state index is 14.1. The molecule has 0 aliphatic heterocycles. The maximum atomic E-state index is 14.1. The van der Waals surface area contributed by atoms with Crippen LogP contribution in [0.5, 0.6) is 0 Å². The fourth-order valence-corrected chi connectivity index (χ4v) is 5.36. The van der Waals surface area contributed by atoms with Gasteiger partial charge in [0.25, 0.3) is 0 Å². The summed E-state index contributed by atoms with van der Waals surface area (Å²) in [6.07, 6.45) is 6.15. The molecular weight excluding hydrogens is 458 g/mol. The number of aliphatic hydroxyl groups excluding tert-OH is 1. The quantitative estimate of drug-likeness (QED) is 0.344. The van der Waals surface area contributed by atoms with Crippen molar-refractivity contribution in [2.24, 2.45) is 5.92 Å². The average molecular weight is 483 g/mol. The van der Waals surface area contributed by atoms with E-state index < -0.39 is 11.6 Å². The molecule has 3 N–H and O–H groups in total. The number of hydrogen-bond donors (Lipinski definition) is 3. The van der Waals surface area contributed by atoms with Crippen LogP contribution in [0.3, 0.4) is 0 Å². The molecule has 0 unspecified atom stereocenters. The molecule has 1 fully saturated rings. The number of pyridine rings is 1. The monoisotopic (exact) mass is 482 g/mol. The Balaban J connectivity index is 1.50. The summed E-state index contributed by atoms with van der Waals surface area (Å²) < 4.78 is 29.2. The second-order valence-electron chi connectivity index (χ2n) is 8.48. The number of anilines is 2. The molecule has 176 valence electrons. The van der Waals surface area contributed by atoms with Gasteiger partial charge in [0.15, 0.2) is 0 Å². The Morgan fingerprint density at radius 3 is 2.68 bits per heavy atom. The summed E-state index contributed by atoms with van der Waals surface area (Å²) in [4.78, 5) is 18.1. The fraction of sp³-hybridized carbons (Fsp3) is 0.333. The van der Waals surface area contributed by atoms with Crippen LogP contribution in [-0.2, 0) is 6.54 Å². The highest BCUT2D eigenvalue weighted by Gasteiger charge is 2.27. The number of aliphatic hydroxyl groups is 1. The van der Waals surface area contributed by atoms with Crippen molar-refractivity contribution in [1.29, 1.82) is 0 Å². The summed E-state index contributed by atoms with van der Waals surface area (Å²) in [5.74, 6) is -0.101. The summed E-state index contributed by atoms with van der Waals surface area (Å²) in [6.45, 7) is 1.95. The maximum Gasteiger partial charge on any atom is 0.225 e. The first-order chi connectivity index (χ1) is 16.5. The topological polar surface area (TPSA) is 95.9 Å². The van der Waals surface area contributed by atoms with Gasteiger partial charge in [-0.25, -0.2) is 18.7 Å². The van der Waals surface area contributed by atoms with Crippen LogP contribution in [-0.4, -0.2) is 37.7 Å². The van der Waals surface area contributed by atoms with Gasteiger partial charge in [0.1, 0.15) is 28.0 Å². The zero-order valence-corrected chi connectivity index (χ0v) is 19.4. The van der Waals surface area contributed by atoms with Gasteiger partial charge in [0, 0.05) is 31.0 Å². The summed E-state index contributed by atoms with van der Waals surface area (Å²) in [5, 5.41) is 16.8. The lowest BCUT2D eigenvalue weighted by Crippen LogP contribution is -2.19. The molecule has 7 nitrogen and oxygen atoms in total. The van der Waals surface area contributed by atoms with E-state index >= 15 is 0 Å². The molecule has 0 saturated heterocycles. The SMILES string of the molecule is Cc1nc(NCc2c(F)cccc2F)nc(N[C@H]2CC[C@@H](CO)C2)c1-c1nc2cnccc2s1. The highest BCUT2D eigenvalue weighted by molar-refractivity contribution is 7.21. The number of aromatic nitrogens is 4. The van der Waals surface area contributed by atoms with Gasteiger partial charge in [0.2, 0.25) is 5.95 Å². The molecule has 1 aliphatic carbocycles. The van der Waals surface area contributed by atoms with Crippen molar-refractivity contribution in [1.82, 2.24) is 19.9 Å². The van der Waals surface area contributed by atoms with Crippen LogP contribution in [0.25, 0.3) is 20.8 Å². The minimum atomic E-state index is -0.622. The molecule has 3 aromatic heterocycles. The number of benzene rings is 1. The molecule has 10 heteroatoms. The lowest BCUT2D eigenvalue weighted by Gasteiger charge is -2.18. The van der Waals surface area contributed by atoms with Crippen molar-refractivity contribution in [2.45, 2.75) is 38.8 Å². The number of nitrogens with one attached hydrogen (secondary N) is 2. The normalized spacial score (nSPS) is 17.9. The lowest BCUT2D eigenvalue weighted by molar-refractivity contribution is 0.229. The largest absolute Gasteiger partial charge is 0.396 e. The lowest BCUT2D eigenvalue weighted by atomic mass is 10.1. The van der Waals surface area contributed by atoms with Crippen molar-refractivity contribution in [3.8, 4) is 10.6 Å². The number of halogens is 2. The van der Waals surface area contributed by atoms with Crippen LogP contribution in [0.15, 0.2) is 36.7 Å². The first-order valence-electron chi connectivity index (χ1n) is 11.2. The van der Waals surface area contributed by atoms with Crippen LogP contribution in [0.2, 0.25) is 0 Å². The summed E-state index contributed by atoms with van der Waals surface area (Å²) >= 11 is 1.53.